The van der Waals surface area contributed by atoms with Crippen molar-refractivity contribution in [3.63, 3.8) is 0 Å². The van der Waals surface area contributed by atoms with Gasteiger partial charge in [-0.1, -0.05) is 29.5 Å². The minimum atomic E-state index is 0.0123. The van der Waals surface area contributed by atoms with Crippen LogP contribution in [0.3, 0.4) is 0 Å². The number of benzene rings is 1. The lowest BCUT2D eigenvalue weighted by atomic mass is 10.1. The van der Waals surface area contributed by atoms with Gasteiger partial charge in [-0.05, 0) is 31.2 Å². The maximum absolute atomic E-state index is 12.4. The molecule has 22 heavy (non-hydrogen) atoms. The van der Waals surface area contributed by atoms with E-state index in [-0.39, 0.29) is 11.5 Å². The van der Waals surface area contributed by atoms with Crippen molar-refractivity contribution in [2.45, 2.75) is 12.1 Å². The Morgan fingerprint density at radius 2 is 2.14 bits per heavy atom. The average Bonchev–Trinajstić information content (AvgIpc) is 2.96. The van der Waals surface area contributed by atoms with Crippen LogP contribution in [0, 0.1) is 6.92 Å². The molecule has 2 heterocycles. The van der Waals surface area contributed by atoms with Crippen molar-refractivity contribution in [2.24, 2.45) is 0 Å². The number of fused-ring (bicyclic) bond motifs is 1. The number of ketones is 1. The molecular weight excluding hydrogens is 298 g/mol. The second-order valence-electron chi connectivity index (χ2n) is 4.83. The van der Waals surface area contributed by atoms with Crippen molar-refractivity contribution < 1.29 is 9.53 Å². The van der Waals surface area contributed by atoms with Crippen LogP contribution >= 0.6 is 11.8 Å². The van der Waals surface area contributed by atoms with E-state index >= 15 is 0 Å². The number of carbonyl (C=O) groups is 1. The summed E-state index contributed by atoms with van der Waals surface area (Å²) in [5.41, 5.74) is 2.40. The van der Waals surface area contributed by atoms with Gasteiger partial charge < -0.3 is 4.74 Å². The molecule has 0 radical (unpaired) electrons. The molecule has 0 fully saturated rings. The molecule has 0 saturated heterocycles. The molecular formula is C16H15N3O2S. The van der Waals surface area contributed by atoms with E-state index in [4.69, 9.17) is 4.74 Å². The largest absolute Gasteiger partial charge is 0.496 e. The van der Waals surface area contributed by atoms with Gasteiger partial charge in [-0.3, -0.25) is 9.20 Å². The quantitative estimate of drug-likeness (QED) is 0.535. The van der Waals surface area contributed by atoms with Crippen LogP contribution in [0.4, 0.5) is 0 Å². The Morgan fingerprint density at radius 3 is 2.95 bits per heavy atom. The first-order valence-electron chi connectivity index (χ1n) is 6.79. The van der Waals surface area contributed by atoms with Crippen LogP contribution in [-0.2, 0) is 0 Å². The van der Waals surface area contributed by atoms with E-state index in [1.54, 1.807) is 7.11 Å². The van der Waals surface area contributed by atoms with Gasteiger partial charge in [0.15, 0.2) is 16.6 Å². The van der Waals surface area contributed by atoms with E-state index in [2.05, 4.69) is 10.2 Å². The Hall–Kier alpha value is -2.34. The number of aryl methyl sites for hydroxylation is 1. The number of nitrogens with zero attached hydrogens (tertiary/aromatic N) is 3. The van der Waals surface area contributed by atoms with Crippen LogP contribution in [0.5, 0.6) is 5.75 Å². The van der Waals surface area contributed by atoms with E-state index in [0.717, 1.165) is 11.2 Å². The van der Waals surface area contributed by atoms with Crippen LogP contribution in [0.2, 0.25) is 0 Å². The van der Waals surface area contributed by atoms with Crippen molar-refractivity contribution in [3.8, 4) is 5.75 Å². The second kappa shape index (κ2) is 6.19. The Kier molecular flexibility index (Phi) is 4.11. The molecule has 0 saturated carbocycles. The third-order valence-corrected chi connectivity index (χ3v) is 4.21. The maximum Gasteiger partial charge on any atom is 0.196 e. The van der Waals surface area contributed by atoms with Crippen LogP contribution < -0.4 is 4.74 Å². The Balaban J connectivity index is 1.79. The Labute approximate surface area is 132 Å². The summed E-state index contributed by atoms with van der Waals surface area (Å²) in [6.07, 6.45) is 1.88. The lowest BCUT2D eigenvalue weighted by molar-refractivity contribution is 0.101. The molecule has 0 unspecified atom stereocenters. The van der Waals surface area contributed by atoms with Crippen LogP contribution in [-0.4, -0.2) is 33.2 Å². The summed E-state index contributed by atoms with van der Waals surface area (Å²) in [6, 6.07) is 11.3. The summed E-state index contributed by atoms with van der Waals surface area (Å²) < 4.78 is 7.13. The van der Waals surface area contributed by atoms with Crippen molar-refractivity contribution in [3.05, 3.63) is 53.7 Å². The zero-order chi connectivity index (χ0) is 15.5. The van der Waals surface area contributed by atoms with Crippen LogP contribution in [0.25, 0.3) is 5.65 Å². The molecule has 0 atom stereocenters. The first-order chi connectivity index (χ1) is 10.7. The van der Waals surface area contributed by atoms with Gasteiger partial charge in [-0.25, -0.2) is 0 Å². The number of Topliss-reactive ketones (excluding diaryl/α,β-unsaturated/α-hetero) is 1. The summed E-state index contributed by atoms with van der Waals surface area (Å²) in [5, 5.41) is 8.89. The molecule has 0 aliphatic rings. The van der Waals surface area contributed by atoms with E-state index in [0.29, 0.717) is 16.5 Å². The fourth-order valence-corrected chi connectivity index (χ4v) is 2.97. The van der Waals surface area contributed by atoms with Gasteiger partial charge in [0.25, 0.3) is 0 Å². The van der Waals surface area contributed by atoms with Gasteiger partial charge in [0, 0.05) is 6.20 Å². The highest BCUT2D eigenvalue weighted by Gasteiger charge is 2.14. The Bertz CT molecular complexity index is 829. The molecule has 0 N–H and O–H groups in total. The average molecular weight is 313 g/mol. The predicted octanol–water partition coefficient (Wildman–Crippen LogP) is 3.02. The fraction of sp³-hybridized carbons (Fsp3) is 0.188. The van der Waals surface area contributed by atoms with E-state index < -0.39 is 0 Å². The number of thioether (sulfide) groups is 1. The SMILES string of the molecule is COc1ccc(C)cc1C(=O)CSc1nnc2ccccn12. The number of methoxy groups -OCH3 is 1. The third-order valence-electron chi connectivity index (χ3n) is 3.27. The van der Waals surface area contributed by atoms with Gasteiger partial charge in [0.05, 0.1) is 18.4 Å². The van der Waals surface area contributed by atoms with Gasteiger partial charge in [-0.15, -0.1) is 10.2 Å². The van der Waals surface area contributed by atoms with Crippen LogP contribution in [0.1, 0.15) is 15.9 Å². The number of aromatic nitrogens is 3. The molecule has 6 heteroatoms. The van der Waals surface area contributed by atoms with Crippen molar-refractivity contribution in [2.75, 3.05) is 12.9 Å². The van der Waals surface area contributed by atoms with E-state index in [1.807, 2.05) is 53.9 Å². The minimum absolute atomic E-state index is 0.0123. The van der Waals surface area contributed by atoms with Crippen LogP contribution in [0.15, 0.2) is 47.8 Å². The van der Waals surface area contributed by atoms with Gasteiger partial charge in [0.1, 0.15) is 5.75 Å². The summed E-state index contributed by atoms with van der Waals surface area (Å²) >= 11 is 1.37. The predicted molar refractivity (Wildman–Crippen MR) is 85.8 cm³/mol. The van der Waals surface area contributed by atoms with E-state index in [1.165, 1.54) is 11.8 Å². The minimum Gasteiger partial charge on any atom is -0.496 e. The molecule has 3 aromatic rings. The zero-order valence-corrected chi connectivity index (χ0v) is 13.1. The molecule has 0 spiro atoms. The molecule has 5 nitrogen and oxygen atoms in total. The van der Waals surface area contributed by atoms with Crippen molar-refractivity contribution >= 4 is 23.2 Å². The number of hydrogen-bond acceptors (Lipinski definition) is 5. The second-order valence-corrected chi connectivity index (χ2v) is 5.77. The monoisotopic (exact) mass is 313 g/mol. The van der Waals surface area contributed by atoms with E-state index in [9.17, 15) is 4.79 Å². The molecule has 3 rings (SSSR count). The lowest BCUT2D eigenvalue weighted by Gasteiger charge is -2.08. The number of ether oxygens (including phenoxy) is 1. The Morgan fingerprint density at radius 1 is 1.27 bits per heavy atom. The summed E-state index contributed by atoms with van der Waals surface area (Å²) in [5.74, 6) is 0.899. The molecule has 0 aliphatic carbocycles. The summed E-state index contributed by atoms with van der Waals surface area (Å²) in [7, 11) is 1.57. The topological polar surface area (TPSA) is 56.5 Å². The molecule has 0 amide bonds. The number of hydrogen-bond donors (Lipinski definition) is 0. The standard InChI is InChI=1S/C16H15N3O2S/c1-11-6-7-14(21-2)12(9-11)13(20)10-22-16-18-17-15-5-3-4-8-19(15)16/h3-9H,10H2,1-2H3. The van der Waals surface area contributed by atoms with Gasteiger partial charge in [0.2, 0.25) is 0 Å². The maximum atomic E-state index is 12.4. The normalized spacial score (nSPS) is 10.8. The lowest BCUT2D eigenvalue weighted by Crippen LogP contribution is -2.06. The molecule has 2 aromatic heterocycles. The molecule has 0 aliphatic heterocycles. The summed E-state index contributed by atoms with van der Waals surface area (Å²) in [6.45, 7) is 1.95. The fourth-order valence-electron chi connectivity index (χ4n) is 2.17. The van der Waals surface area contributed by atoms with Crippen molar-refractivity contribution in [1.82, 2.24) is 14.6 Å². The smallest absolute Gasteiger partial charge is 0.196 e. The number of rotatable bonds is 5. The highest BCUT2D eigenvalue weighted by molar-refractivity contribution is 7.99. The van der Waals surface area contributed by atoms with Crippen molar-refractivity contribution in [1.29, 1.82) is 0 Å². The zero-order valence-electron chi connectivity index (χ0n) is 12.3. The molecule has 0 bridgehead atoms. The summed E-state index contributed by atoms with van der Waals surface area (Å²) in [4.78, 5) is 12.4. The highest BCUT2D eigenvalue weighted by Crippen LogP contribution is 2.24. The number of pyridine rings is 1. The first-order valence-corrected chi connectivity index (χ1v) is 7.78. The van der Waals surface area contributed by atoms with Gasteiger partial charge in [-0.2, -0.15) is 0 Å². The highest BCUT2D eigenvalue weighted by atomic mass is 32.2. The molecule has 112 valence electrons. The van der Waals surface area contributed by atoms with Gasteiger partial charge >= 0.3 is 0 Å². The molecule has 1 aromatic carbocycles. The third kappa shape index (κ3) is 2.82. The first kappa shape index (κ1) is 14.6. The number of carbonyl (C=O) groups excluding carboxylic acids is 1.